The molecule has 0 spiro atoms. The molecule has 8 nitrogen and oxygen atoms in total. The SMILES string of the molecule is CCCCCCCCCCCN1C=CC(/C=C/C2C=C([N+](=O)[O-])C(=O)C([N+](=O)[O-])=C2)C=C1. The van der Waals surface area contributed by atoms with E-state index in [4.69, 9.17) is 0 Å². The Labute approximate surface area is 189 Å². The molecular formula is C24H33N3O5. The number of Topliss-reactive ketones (excluding diaryl/α,β-unsaturated/α-hetero) is 1. The van der Waals surface area contributed by atoms with Crippen LogP contribution >= 0.6 is 0 Å². The van der Waals surface area contributed by atoms with Crippen LogP contribution in [0.1, 0.15) is 64.7 Å². The third-order valence-electron chi connectivity index (χ3n) is 5.63. The van der Waals surface area contributed by atoms with Crippen molar-refractivity contribution in [1.29, 1.82) is 0 Å². The maximum atomic E-state index is 11.8. The maximum absolute atomic E-state index is 11.8. The predicted molar refractivity (Wildman–Crippen MR) is 123 cm³/mol. The molecular weight excluding hydrogens is 410 g/mol. The number of rotatable bonds is 14. The van der Waals surface area contributed by atoms with Gasteiger partial charge in [-0.05, 0) is 6.42 Å². The molecule has 1 heterocycles. The van der Waals surface area contributed by atoms with Crippen molar-refractivity contribution in [3.05, 3.63) is 80.5 Å². The molecule has 0 aromatic carbocycles. The molecule has 0 unspecified atom stereocenters. The second kappa shape index (κ2) is 13.4. The largest absolute Gasteiger partial charge is 0.355 e. The predicted octanol–water partition coefficient (Wildman–Crippen LogP) is 5.55. The zero-order valence-corrected chi connectivity index (χ0v) is 18.7. The van der Waals surface area contributed by atoms with Gasteiger partial charge in [0.2, 0.25) is 0 Å². The van der Waals surface area contributed by atoms with Gasteiger partial charge in [0.1, 0.15) is 0 Å². The minimum atomic E-state index is -1.16. The summed E-state index contributed by atoms with van der Waals surface area (Å²) in [5.74, 6) is -1.84. The smallest absolute Gasteiger partial charge is 0.331 e. The van der Waals surface area contributed by atoms with Crippen molar-refractivity contribution in [1.82, 2.24) is 4.90 Å². The number of ketones is 1. The Bertz CT molecular complexity index is 777. The van der Waals surface area contributed by atoms with Crippen LogP contribution in [-0.4, -0.2) is 27.1 Å². The number of nitrogens with zero attached hydrogens (tertiary/aromatic N) is 3. The van der Waals surface area contributed by atoms with Crippen LogP contribution in [0.2, 0.25) is 0 Å². The van der Waals surface area contributed by atoms with Gasteiger partial charge in [0.15, 0.2) is 0 Å². The quantitative estimate of drug-likeness (QED) is 0.151. The van der Waals surface area contributed by atoms with Crippen LogP contribution in [0, 0.1) is 32.1 Å². The highest BCUT2D eigenvalue weighted by Gasteiger charge is 2.38. The third-order valence-corrected chi connectivity index (χ3v) is 5.63. The summed E-state index contributed by atoms with van der Waals surface area (Å²) in [5.41, 5.74) is -1.51. The average molecular weight is 444 g/mol. The molecule has 0 radical (unpaired) electrons. The van der Waals surface area contributed by atoms with E-state index in [0.29, 0.717) is 0 Å². The van der Waals surface area contributed by atoms with Crippen LogP contribution in [0.3, 0.4) is 0 Å². The summed E-state index contributed by atoms with van der Waals surface area (Å²) in [6.45, 7) is 3.20. The van der Waals surface area contributed by atoms with Crippen LogP contribution in [0.25, 0.3) is 0 Å². The maximum Gasteiger partial charge on any atom is 0.331 e. The van der Waals surface area contributed by atoms with E-state index < -0.39 is 32.9 Å². The van der Waals surface area contributed by atoms with Gasteiger partial charge in [-0.15, -0.1) is 0 Å². The molecule has 0 aromatic heterocycles. The Morgan fingerprint density at radius 3 is 1.78 bits per heavy atom. The van der Waals surface area contributed by atoms with E-state index in [-0.39, 0.29) is 5.92 Å². The summed E-state index contributed by atoms with van der Waals surface area (Å²) in [5, 5.41) is 22.1. The van der Waals surface area contributed by atoms with Gasteiger partial charge in [0.25, 0.3) is 0 Å². The molecule has 2 aliphatic rings. The molecule has 0 bridgehead atoms. The third kappa shape index (κ3) is 8.24. The molecule has 8 heteroatoms. The first-order valence-electron chi connectivity index (χ1n) is 11.5. The van der Waals surface area contributed by atoms with Crippen LogP contribution in [0.5, 0.6) is 0 Å². The van der Waals surface area contributed by atoms with Crippen molar-refractivity contribution in [2.75, 3.05) is 6.54 Å². The highest BCUT2D eigenvalue weighted by Crippen LogP contribution is 2.23. The summed E-state index contributed by atoms with van der Waals surface area (Å²) >= 11 is 0. The molecule has 0 aromatic rings. The lowest BCUT2D eigenvalue weighted by Gasteiger charge is -2.20. The molecule has 2 rings (SSSR count). The van der Waals surface area contributed by atoms with Crippen molar-refractivity contribution < 1.29 is 14.6 Å². The lowest BCUT2D eigenvalue weighted by molar-refractivity contribution is -0.434. The first-order chi connectivity index (χ1) is 15.4. The Balaban J connectivity index is 1.75. The van der Waals surface area contributed by atoms with Crippen LogP contribution < -0.4 is 0 Å². The van der Waals surface area contributed by atoms with E-state index in [2.05, 4.69) is 11.8 Å². The molecule has 0 amide bonds. The van der Waals surface area contributed by atoms with Gasteiger partial charge in [-0.1, -0.05) is 82.6 Å². The zero-order valence-electron chi connectivity index (χ0n) is 18.7. The first kappa shape index (κ1) is 25.2. The van der Waals surface area contributed by atoms with Crippen molar-refractivity contribution in [2.45, 2.75) is 64.7 Å². The van der Waals surface area contributed by atoms with Gasteiger partial charge in [-0.3, -0.25) is 25.0 Å². The lowest BCUT2D eigenvalue weighted by atomic mass is 9.95. The number of unbranched alkanes of at least 4 members (excludes halogenated alkanes) is 8. The van der Waals surface area contributed by atoms with Crippen molar-refractivity contribution >= 4 is 5.78 Å². The van der Waals surface area contributed by atoms with Crippen molar-refractivity contribution in [3.63, 3.8) is 0 Å². The molecule has 1 aliphatic carbocycles. The Kier molecular flexibility index (Phi) is 10.6. The highest BCUT2D eigenvalue weighted by molar-refractivity contribution is 6.05. The Morgan fingerprint density at radius 1 is 0.812 bits per heavy atom. The van der Waals surface area contributed by atoms with Crippen LogP contribution in [0.4, 0.5) is 0 Å². The van der Waals surface area contributed by atoms with Gasteiger partial charge in [0.05, 0.1) is 9.85 Å². The Hall–Kier alpha value is -3.03. The van der Waals surface area contributed by atoms with Gasteiger partial charge in [-0.25, -0.2) is 0 Å². The van der Waals surface area contributed by atoms with E-state index >= 15 is 0 Å². The number of carbonyl (C=O) groups excluding carboxylic acids is 1. The first-order valence-corrected chi connectivity index (χ1v) is 11.5. The van der Waals surface area contributed by atoms with Gasteiger partial charge < -0.3 is 4.90 Å². The molecule has 0 saturated heterocycles. The summed E-state index contributed by atoms with van der Waals surface area (Å²) in [7, 11) is 0. The lowest BCUT2D eigenvalue weighted by Crippen LogP contribution is -2.23. The average Bonchev–Trinajstić information content (AvgIpc) is 2.77. The number of hydrogen-bond donors (Lipinski definition) is 0. The van der Waals surface area contributed by atoms with Crippen molar-refractivity contribution in [2.24, 2.45) is 11.8 Å². The molecule has 0 atom stereocenters. The van der Waals surface area contributed by atoms with E-state index in [1.54, 1.807) is 6.08 Å². The summed E-state index contributed by atoms with van der Waals surface area (Å²) in [6, 6.07) is 0. The molecule has 0 fully saturated rings. The second-order valence-electron chi connectivity index (χ2n) is 8.24. The molecule has 174 valence electrons. The van der Waals surface area contributed by atoms with Crippen molar-refractivity contribution in [3.8, 4) is 0 Å². The fourth-order valence-corrected chi connectivity index (χ4v) is 3.77. The summed E-state index contributed by atoms with van der Waals surface area (Å²) in [6.07, 6.45) is 25.5. The van der Waals surface area contributed by atoms with Crippen LogP contribution in [-0.2, 0) is 4.79 Å². The molecule has 32 heavy (non-hydrogen) atoms. The molecule has 1 aliphatic heterocycles. The highest BCUT2D eigenvalue weighted by atomic mass is 16.6. The van der Waals surface area contributed by atoms with E-state index in [9.17, 15) is 25.0 Å². The number of carbonyl (C=O) groups is 1. The van der Waals surface area contributed by atoms with E-state index in [1.807, 2.05) is 30.6 Å². The number of nitro groups is 2. The normalized spacial score (nSPS) is 17.2. The molecule has 0 N–H and O–H groups in total. The number of allylic oxidation sites excluding steroid dienone is 6. The standard InChI is InChI=1S/C24H33N3O5/c1-2-3-4-5-6-7-8-9-10-15-25-16-13-20(14-17-25)11-12-21-18-22(26(29)30)24(28)23(19-21)27(31)32/h11-14,16-21H,2-10,15H2,1H3/b12-11+. The number of hydrogen-bond acceptors (Lipinski definition) is 6. The summed E-state index contributed by atoms with van der Waals surface area (Å²) < 4.78 is 0. The fraction of sp³-hybridized carbons (Fsp3) is 0.542. The Morgan fingerprint density at radius 2 is 1.28 bits per heavy atom. The topological polar surface area (TPSA) is 107 Å². The van der Waals surface area contributed by atoms with Gasteiger partial charge in [0, 0.05) is 42.9 Å². The van der Waals surface area contributed by atoms with Gasteiger partial charge >= 0.3 is 17.2 Å². The minimum Gasteiger partial charge on any atom is -0.355 e. The zero-order chi connectivity index (χ0) is 23.3. The molecule has 0 saturated carbocycles. The van der Waals surface area contributed by atoms with E-state index in [1.165, 1.54) is 51.4 Å². The van der Waals surface area contributed by atoms with E-state index in [0.717, 1.165) is 25.1 Å². The van der Waals surface area contributed by atoms with Gasteiger partial charge in [-0.2, -0.15) is 0 Å². The second-order valence-corrected chi connectivity index (χ2v) is 8.24. The monoisotopic (exact) mass is 443 g/mol. The summed E-state index contributed by atoms with van der Waals surface area (Å²) in [4.78, 5) is 34.3. The van der Waals surface area contributed by atoms with Crippen LogP contribution in [0.15, 0.2) is 60.3 Å². The minimum absolute atomic E-state index is 0.00749. The fourth-order valence-electron chi connectivity index (χ4n) is 3.77.